The molecule has 0 saturated heterocycles. The molecule has 0 radical (unpaired) electrons. The number of alkyl halides is 1. The van der Waals surface area contributed by atoms with E-state index in [4.69, 9.17) is 10.2 Å². The first-order valence-corrected chi connectivity index (χ1v) is 17.3. The molecule has 1 saturated carbocycles. The fourth-order valence-corrected chi connectivity index (χ4v) is 5.91. The molecular formula is C34H43BrIN7O2. The van der Waals surface area contributed by atoms with Gasteiger partial charge >= 0.3 is 0 Å². The molecule has 45 heavy (non-hydrogen) atoms. The molecule has 2 aromatic heterocycles. The van der Waals surface area contributed by atoms with E-state index in [-0.39, 0.29) is 13.2 Å². The van der Waals surface area contributed by atoms with Crippen LogP contribution in [0.2, 0.25) is 0 Å². The van der Waals surface area contributed by atoms with Crippen molar-refractivity contribution in [1.82, 2.24) is 35.3 Å². The van der Waals surface area contributed by atoms with Crippen LogP contribution in [0.15, 0.2) is 97.6 Å². The SMILES string of the molecule is BrCc1cccc(-n2nccn2)c1.CC[C@@H]1CCCC[C@H]1NC.OCc1cccc(-n2nccn2)c1.OCc1cccc(I)c1. The minimum atomic E-state index is 0.0368. The third-order valence-corrected chi connectivity index (χ3v) is 8.65. The van der Waals surface area contributed by atoms with Crippen LogP contribution in [0, 0.1) is 9.49 Å². The lowest BCUT2D eigenvalue weighted by molar-refractivity contribution is 0.267. The lowest BCUT2D eigenvalue weighted by Crippen LogP contribution is -2.35. The molecule has 2 atom stereocenters. The fourth-order valence-electron chi connectivity index (χ4n) is 4.95. The standard InChI is InChI=1S/C9H8BrN3.C9H9N3O.C9H19N.C7H7IO/c10-7-8-2-1-3-9(6-8)13-11-4-5-12-13;13-7-8-2-1-3-9(6-8)12-10-4-5-11-12;1-3-8-6-4-5-7-9(8)10-2;8-7-3-1-2-6(4-7)5-9/h1-6H,7H2;1-6,13H,7H2;8-10H,3-7H2,1-2H3;1-4,9H,5H2/t;;8-,9-;/m..1./s1. The summed E-state index contributed by atoms with van der Waals surface area (Å²) < 4.78 is 1.17. The largest absolute Gasteiger partial charge is 0.392 e. The van der Waals surface area contributed by atoms with Crippen molar-refractivity contribution >= 4 is 38.5 Å². The quantitative estimate of drug-likeness (QED) is 0.122. The third kappa shape index (κ3) is 12.7. The summed E-state index contributed by atoms with van der Waals surface area (Å²) in [4.78, 5) is 3.12. The molecule has 11 heteroatoms. The highest BCUT2D eigenvalue weighted by Gasteiger charge is 2.21. The van der Waals surface area contributed by atoms with Gasteiger partial charge in [-0.05, 0) is 101 Å². The molecule has 0 aliphatic heterocycles. The molecule has 9 nitrogen and oxygen atoms in total. The molecule has 5 aromatic rings. The van der Waals surface area contributed by atoms with Crippen molar-refractivity contribution in [1.29, 1.82) is 0 Å². The van der Waals surface area contributed by atoms with Gasteiger partial charge in [-0.1, -0.05) is 78.5 Å². The average molecular weight is 789 g/mol. The zero-order valence-electron chi connectivity index (χ0n) is 25.9. The maximum atomic E-state index is 8.91. The summed E-state index contributed by atoms with van der Waals surface area (Å²) in [6.07, 6.45) is 13.7. The second-order valence-corrected chi connectivity index (χ2v) is 12.2. The predicted molar refractivity (Wildman–Crippen MR) is 191 cm³/mol. The zero-order chi connectivity index (χ0) is 32.3. The number of nitrogens with zero attached hydrogens (tertiary/aromatic N) is 6. The number of nitrogens with one attached hydrogen (secondary N) is 1. The molecular weight excluding hydrogens is 745 g/mol. The lowest BCUT2D eigenvalue weighted by Gasteiger charge is -2.30. The molecule has 2 heterocycles. The van der Waals surface area contributed by atoms with Gasteiger partial charge in [0.2, 0.25) is 0 Å². The van der Waals surface area contributed by atoms with Gasteiger partial charge in [0.1, 0.15) is 0 Å². The summed E-state index contributed by atoms with van der Waals surface area (Å²) in [6, 6.07) is 24.2. The molecule has 1 fully saturated rings. The van der Waals surface area contributed by atoms with Crippen LogP contribution in [0.25, 0.3) is 11.4 Å². The van der Waals surface area contributed by atoms with E-state index < -0.39 is 0 Å². The number of rotatable bonds is 7. The maximum absolute atomic E-state index is 8.91. The van der Waals surface area contributed by atoms with Crippen LogP contribution < -0.4 is 5.32 Å². The van der Waals surface area contributed by atoms with Crippen molar-refractivity contribution < 1.29 is 10.2 Å². The topological polar surface area (TPSA) is 114 Å². The van der Waals surface area contributed by atoms with E-state index in [9.17, 15) is 0 Å². The maximum Gasteiger partial charge on any atom is 0.0860 e. The first kappa shape index (κ1) is 36.5. The third-order valence-electron chi connectivity index (χ3n) is 7.33. The van der Waals surface area contributed by atoms with Gasteiger partial charge in [0, 0.05) is 14.9 Å². The fraction of sp³-hybridized carbons (Fsp3) is 0.353. The van der Waals surface area contributed by atoms with Crippen molar-refractivity contribution in [3.63, 3.8) is 0 Å². The van der Waals surface area contributed by atoms with Gasteiger partial charge in [-0.2, -0.15) is 30.0 Å². The number of hydrogen-bond donors (Lipinski definition) is 3. The molecule has 3 N–H and O–H groups in total. The van der Waals surface area contributed by atoms with Crippen LogP contribution >= 0.6 is 38.5 Å². The molecule has 0 unspecified atom stereocenters. The smallest absolute Gasteiger partial charge is 0.0860 e. The van der Waals surface area contributed by atoms with E-state index in [1.807, 2.05) is 60.7 Å². The normalized spacial score (nSPS) is 15.4. The van der Waals surface area contributed by atoms with Gasteiger partial charge in [-0.3, -0.25) is 0 Å². The highest BCUT2D eigenvalue weighted by atomic mass is 127. The molecule has 0 amide bonds. The Balaban J connectivity index is 0.000000166. The number of halogens is 2. The van der Waals surface area contributed by atoms with Crippen LogP contribution in [0.3, 0.4) is 0 Å². The second-order valence-electron chi connectivity index (χ2n) is 10.4. The van der Waals surface area contributed by atoms with Crippen LogP contribution in [-0.4, -0.2) is 53.3 Å². The first-order chi connectivity index (χ1) is 22.0. The average Bonchev–Trinajstić information content (AvgIpc) is 3.85. The van der Waals surface area contributed by atoms with Crippen molar-refractivity contribution in [3.05, 3.63) is 118 Å². The van der Waals surface area contributed by atoms with Gasteiger partial charge in [0.15, 0.2) is 0 Å². The van der Waals surface area contributed by atoms with Gasteiger partial charge in [0.25, 0.3) is 0 Å². The van der Waals surface area contributed by atoms with Crippen LogP contribution in [0.4, 0.5) is 0 Å². The van der Waals surface area contributed by atoms with Crippen molar-refractivity contribution in [2.75, 3.05) is 7.05 Å². The summed E-state index contributed by atoms with van der Waals surface area (Å²) in [6.45, 7) is 2.48. The van der Waals surface area contributed by atoms with Crippen molar-refractivity contribution in [2.45, 2.75) is 63.6 Å². The van der Waals surface area contributed by atoms with Gasteiger partial charge in [-0.25, -0.2) is 0 Å². The molecule has 240 valence electrons. The van der Waals surface area contributed by atoms with E-state index in [0.29, 0.717) is 0 Å². The minimum absolute atomic E-state index is 0.0368. The van der Waals surface area contributed by atoms with Crippen molar-refractivity contribution in [2.24, 2.45) is 5.92 Å². The number of benzene rings is 3. The molecule has 1 aliphatic carbocycles. The van der Waals surface area contributed by atoms with E-state index >= 15 is 0 Å². The molecule has 0 spiro atoms. The lowest BCUT2D eigenvalue weighted by atomic mass is 9.83. The van der Waals surface area contributed by atoms with E-state index in [2.05, 4.69) is 90.3 Å². The van der Waals surface area contributed by atoms with E-state index in [1.54, 1.807) is 29.6 Å². The second kappa shape index (κ2) is 20.9. The van der Waals surface area contributed by atoms with Crippen molar-refractivity contribution in [3.8, 4) is 11.4 Å². The monoisotopic (exact) mass is 787 g/mol. The molecule has 6 rings (SSSR count). The summed E-state index contributed by atoms with van der Waals surface area (Å²) in [7, 11) is 2.10. The van der Waals surface area contributed by atoms with Crippen LogP contribution in [0.1, 0.15) is 55.7 Å². The Bertz CT molecular complexity index is 1400. The van der Waals surface area contributed by atoms with Crippen LogP contribution in [0.5, 0.6) is 0 Å². The Kier molecular flexibility index (Phi) is 17.0. The highest BCUT2D eigenvalue weighted by molar-refractivity contribution is 14.1. The Morgan fingerprint density at radius 1 is 0.756 bits per heavy atom. The van der Waals surface area contributed by atoms with E-state index in [0.717, 1.165) is 39.8 Å². The molecule has 3 aromatic carbocycles. The van der Waals surface area contributed by atoms with E-state index in [1.165, 1.54) is 46.0 Å². The molecule has 0 bridgehead atoms. The Morgan fingerprint density at radius 2 is 1.24 bits per heavy atom. The number of aromatic nitrogens is 6. The Hall–Kier alpha value is -2.97. The van der Waals surface area contributed by atoms with Crippen LogP contribution in [-0.2, 0) is 18.5 Å². The van der Waals surface area contributed by atoms with Gasteiger partial charge in [-0.15, -0.1) is 0 Å². The highest BCUT2D eigenvalue weighted by Crippen LogP contribution is 2.26. The number of aliphatic hydroxyl groups is 2. The minimum Gasteiger partial charge on any atom is -0.392 e. The number of hydrogen-bond acceptors (Lipinski definition) is 7. The summed E-state index contributed by atoms with van der Waals surface area (Å²) in [5.41, 5.74) is 4.89. The predicted octanol–water partition coefficient (Wildman–Crippen LogP) is 6.88. The summed E-state index contributed by atoms with van der Waals surface area (Å²) in [5.74, 6) is 0.957. The Morgan fingerprint density at radius 3 is 1.69 bits per heavy atom. The molecule has 1 aliphatic rings. The first-order valence-electron chi connectivity index (χ1n) is 15.1. The Labute approximate surface area is 288 Å². The summed E-state index contributed by atoms with van der Waals surface area (Å²) >= 11 is 5.62. The summed E-state index contributed by atoms with van der Waals surface area (Å²) in [5, 5.41) is 37.9. The van der Waals surface area contributed by atoms with Gasteiger partial charge in [0.05, 0.1) is 49.4 Å². The van der Waals surface area contributed by atoms with Gasteiger partial charge < -0.3 is 15.5 Å². The zero-order valence-corrected chi connectivity index (χ0v) is 29.6. The number of aliphatic hydroxyl groups excluding tert-OH is 2.